The average molecular weight is 645 g/mol. The van der Waals surface area contributed by atoms with Crippen molar-refractivity contribution in [1.82, 2.24) is 19.4 Å². The lowest BCUT2D eigenvalue weighted by atomic mass is 9.96. The molecule has 1 saturated heterocycles. The number of aromatic amines is 1. The van der Waals surface area contributed by atoms with Crippen molar-refractivity contribution in [3.63, 3.8) is 0 Å². The van der Waals surface area contributed by atoms with Gasteiger partial charge in [-0.3, -0.25) is 15.4 Å². The first-order valence-electron chi connectivity index (χ1n) is 13.7. The molecule has 12 nitrogen and oxygen atoms in total. The van der Waals surface area contributed by atoms with Crippen LogP contribution >= 0.6 is 0 Å². The Hall–Kier alpha value is -4.12. The fourth-order valence-electron chi connectivity index (χ4n) is 5.44. The van der Waals surface area contributed by atoms with Crippen molar-refractivity contribution >= 4 is 37.9 Å². The normalized spacial score (nSPS) is 19.2. The molecule has 2 aliphatic rings. The summed E-state index contributed by atoms with van der Waals surface area (Å²) in [6, 6.07) is 8.00. The van der Waals surface area contributed by atoms with E-state index in [1.807, 2.05) is 4.90 Å². The Balaban J connectivity index is 1.42. The highest BCUT2D eigenvalue weighted by molar-refractivity contribution is 7.93. The van der Waals surface area contributed by atoms with Crippen LogP contribution in [0.3, 0.4) is 0 Å². The van der Waals surface area contributed by atoms with Gasteiger partial charge in [-0.2, -0.15) is 8.42 Å². The summed E-state index contributed by atoms with van der Waals surface area (Å²) in [6.45, 7) is 2.91. The number of hydrogen-bond acceptors (Lipinski definition) is 8. The largest absolute Gasteiger partial charge is 0.346 e. The van der Waals surface area contributed by atoms with Crippen molar-refractivity contribution in [2.75, 3.05) is 22.1 Å². The zero-order chi connectivity index (χ0) is 31.4. The zero-order valence-corrected chi connectivity index (χ0v) is 25.5. The Morgan fingerprint density at radius 2 is 1.73 bits per heavy atom. The summed E-state index contributed by atoms with van der Waals surface area (Å²) in [4.78, 5) is 13.5. The molecular weight excluding hydrogens is 614 g/mol. The quantitative estimate of drug-likeness (QED) is 0.277. The summed E-state index contributed by atoms with van der Waals surface area (Å²) in [6.07, 6.45) is 6.85. The smallest absolute Gasteiger partial charge is 0.289 e. The fourth-order valence-corrected chi connectivity index (χ4v) is 7.80. The number of imidazole rings is 1. The second-order valence-corrected chi connectivity index (χ2v) is 14.2. The van der Waals surface area contributed by atoms with Crippen LogP contribution in [0.25, 0.3) is 11.1 Å². The number of piperidine rings is 1. The number of nitrogens with two attached hydrogens (primary N) is 1. The summed E-state index contributed by atoms with van der Waals surface area (Å²) in [5.74, 6) is -2.35. The van der Waals surface area contributed by atoms with Gasteiger partial charge in [0.1, 0.15) is 29.6 Å². The van der Waals surface area contributed by atoms with Crippen LogP contribution in [0.1, 0.15) is 30.7 Å². The van der Waals surface area contributed by atoms with Crippen molar-refractivity contribution in [2.24, 2.45) is 17.8 Å². The highest BCUT2D eigenvalue weighted by atomic mass is 32.2. The lowest BCUT2D eigenvalue weighted by Gasteiger charge is -2.43. The Morgan fingerprint density at radius 1 is 1.02 bits per heavy atom. The number of sulfonamides is 2. The summed E-state index contributed by atoms with van der Waals surface area (Å²) in [5.41, 5.74) is 7.66. The number of benzene rings is 2. The van der Waals surface area contributed by atoms with E-state index in [4.69, 9.17) is 5.73 Å². The predicted octanol–water partition coefficient (Wildman–Crippen LogP) is 3.59. The van der Waals surface area contributed by atoms with Gasteiger partial charge in [0.05, 0.1) is 16.1 Å². The van der Waals surface area contributed by atoms with Crippen molar-refractivity contribution < 1.29 is 25.6 Å². The number of nitrogens with one attached hydrogen (secondary N) is 2. The summed E-state index contributed by atoms with van der Waals surface area (Å²) >= 11 is 0. The van der Waals surface area contributed by atoms with E-state index < -0.39 is 37.5 Å². The van der Waals surface area contributed by atoms with Gasteiger partial charge in [-0.1, -0.05) is 12.5 Å². The third-order valence-electron chi connectivity index (χ3n) is 7.90. The number of hydrogen-bond donors (Lipinski definition) is 3. The summed E-state index contributed by atoms with van der Waals surface area (Å²) in [5, 5.41) is -0.183. The van der Waals surface area contributed by atoms with Gasteiger partial charge < -0.3 is 9.55 Å². The van der Waals surface area contributed by atoms with Crippen LogP contribution in [0, 0.1) is 18.6 Å². The predicted molar refractivity (Wildman–Crippen MR) is 161 cm³/mol. The molecule has 1 fully saturated rings. The molecule has 1 atom stereocenters. The van der Waals surface area contributed by atoms with Crippen LogP contribution in [0.2, 0.25) is 0 Å². The maximum atomic E-state index is 15.5. The molecule has 16 heteroatoms. The minimum atomic E-state index is -4.22. The molecular formula is C28H30F2N8O4S2. The Bertz CT molecular complexity index is 1970. The van der Waals surface area contributed by atoms with E-state index in [0.29, 0.717) is 35.6 Å². The van der Waals surface area contributed by atoms with Gasteiger partial charge in [0.25, 0.3) is 20.0 Å². The van der Waals surface area contributed by atoms with Crippen LogP contribution in [0.5, 0.6) is 0 Å². The maximum absolute atomic E-state index is 15.5. The minimum absolute atomic E-state index is 0.132. The van der Waals surface area contributed by atoms with Crippen molar-refractivity contribution in [3.8, 4) is 11.1 Å². The molecule has 1 unspecified atom stereocenters. The summed E-state index contributed by atoms with van der Waals surface area (Å²) < 4.78 is 86.6. The fraction of sp³-hybridized carbons (Fsp3) is 0.286. The topological polar surface area (TPSA) is 159 Å². The van der Waals surface area contributed by atoms with Crippen LogP contribution in [-0.4, -0.2) is 55.7 Å². The Morgan fingerprint density at radius 3 is 2.36 bits per heavy atom. The van der Waals surface area contributed by atoms with Crippen LogP contribution in [0.4, 0.5) is 20.3 Å². The molecule has 232 valence electrons. The average Bonchev–Trinajstić information content (AvgIpc) is 3.59. The van der Waals surface area contributed by atoms with Gasteiger partial charge in [-0.15, -0.1) is 0 Å². The SMILES string of the molecule is Cc1nc(S(=O)(=O)N2C=NC(N)(N3CCCCC3)c3c(-c4ccc(NS(=O)(=O)c5ccc(F)cc5)c(F)c4)c[nH]c32)cn1C. The van der Waals surface area contributed by atoms with E-state index in [0.717, 1.165) is 53.9 Å². The van der Waals surface area contributed by atoms with E-state index in [1.54, 1.807) is 18.5 Å². The monoisotopic (exact) mass is 644 g/mol. The molecule has 0 bridgehead atoms. The number of nitrogens with zero attached hydrogens (tertiary/aromatic N) is 5. The number of halogens is 2. The first-order valence-corrected chi connectivity index (χ1v) is 16.7. The molecule has 0 spiro atoms. The van der Waals surface area contributed by atoms with Crippen molar-refractivity contribution in [1.29, 1.82) is 0 Å². The number of anilines is 2. The Labute approximate surface area is 253 Å². The van der Waals surface area contributed by atoms with Gasteiger partial charge in [0.15, 0.2) is 10.8 Å². The van der Waals surface area contributed by atoms with E-state index >= 15 is 4.39 Å². The summed E-state index contributed by atoms with van der Waals surface area (Å²) in [7, 11) is -6.74. The molecule has 0 saturated carbocycles. The molecule has 0 amide bonds. The van der Waals surface area contributed by atoms with Crippen LogP contribution < -0.4 is 14.8 Å². The number of aromatic nitrogens is 3. The molecule has 4 heterocycles. The molecule has 44 heavy (non-hydrogen) atoms. The molecule has 2 aromatic carbocycles. The molecule has 4 N–H and O–H groups in total. The van der Waals surface area contributed by atoms with Gasteiger partial charge >= 0.3 is 0 Å². The van der Waals surface area contributed by atoms with E-state index in [-0.39, 0.29) is 21.4 Å². The number of fused-ring (bicyclic) bond motifs is 1. The molecule has 0 radical (unpaired) electrons. The first kappa shape index (κ1) is 29.9. The van der Waals surface area contributed by atoms with Crippen molar-refractivity contribution in [3.05, 3.63) is 77.9 Å². The number of likely N-dealkylation sites (tertiary alicyclic amines) is 1. The number of aryl methyl sites for hydroxylation is 2. The van der Waals surface area contributed by atoms with E-state index in [1.165, 1.54) is 30.9 Å². The molecule has 0 aliphatic carbocycles. The molecule has 2 aromatic heterocycles. The second kappa shape index (κ2) is 10.8. The second-order valence-electron chi connectivity index (χ2n) is 10.7. The van der Waals surface area contributed by atoms with Crippen LogP contribution in [0.15, 0.2) is 69.8 Å². The third kappa shape index (κ3) is 5.06. The van der Waals surface area contributed by atoms with E-state index in [2.05, 4.69) is 19.7 Å². The number of aliphatic imine (C=N–C) groups is 1. The Kier molecular flexibility index (Phi) is 7.34. The van der Waals surface area contributed by atoms with Gasteiger partial charge in [0.2, 0.25) is 0 Å². The highest BCUT2D eigenvalue weighted by Crippen LogP contribution is 2.44. The van der Waals surface area contributed by atoms with Gasteiger partial charge in [-0.25, -0.2) is 31.5 Å². The highest BCUT2D eigenvalue weighted by Gasteiger charge is 2.46. The first-order chi connectivity index (χ1) is 20.8. The standard InChI is InChI=1S/C28H30F2N8O4S2/c1-18-34-25(16-36(18)2)44(41,42)38-17-33-28(31,37-12-4-3-5-13-37)26-22(15-32-27(26)38)19-6-11-24(23(30)14-19)35-43(39,40)21-9-7-20(29)8-10-21/h6-11,14-17,32,35H,3-5,12-13,31H2,1-2H3. The zero-order valence-electron chi connectivity index (χ0n) is 23.8. The molecule has 4 aromatic rings. The lowest BCUT2D eigenvalue weighted by Crippen LogP contribution is -2.56. The van der Waals surface area contributed by atoms with Crippen LogP contribution in [-0.2, 0) is 32.9 Å². The maximum Gasteiger partial charge on any atom is 0.289 e. The molecule has 6 rings (SSSR count). The number of H-pyrrole nitrogens is 1. The van der Waals surface area contributed by atoms with E-state index in [9.17, 15) is 21.2 Å². The minimum Gasteiger partial charge on any atom is -0.346 e. The van der Waals surface area contributed by atoms with Crippen molar-refractivity contribution in [2.45, 2.75) is 41.9 Å². The van der Waals surface area contributed by atoms with Gasteiger partial charge in [-0.05, 0) is 61.7 Å². The number of rotatable bonds is 7. The molecule has 2 aliphatic heterocycles. The lowest BCUT2D eigenvalue weighted by molar-refractivity contribution is 0.0761. The van der Waals surface area contributed by atoms with Gasteiger partial charge in [0, 0.05) is 38.1 Å². The third-order valence-corrected chi connectivity index (χ3v) is 10.8.